The largest absolute Gasteiger partial charge is 0.309 e. The van der Waals surface area contributed by atoms with E-state index in [1.165, 1.54) is 43.4 Å². The summed E-state index contributed by atoms with van der Waals surface area (Å²) in [6.45, 7) is 11.0. The second-order valence-corrected chi connectivity index (χ2v) is 6.70. The average Bonchev–Trinajstić information content (AvgIpc) is 2.45. The van der Waals surface area contributed by atoms with Gasteiger partial charge in [-0.2, -0.15) is 0 Å². The van der Waals surface area contributed by atoms with E-state index in [4.69, 9.17) is 0 Å². The van der Waals surface area contributed by atoms with Crippen LogP contribution < -0.4 is 5.32 Å². The maximum absolute atomic E-state index is 3.65. The number of hydrogen-bond acceptors (Lipinski definition) is 1. The topological polar surface area (TPSA) is 12.0 Å². The summed E-state index contributed by atoms with van der Waals surface area (Å²) in [6.07, 6.45) is 0. The van der Waals surface area contributed by atoms with Crippen molar-refractivity contribution >= 4 is 15.9 Å². The third-order valence-corrected chi connectivity index (χ3v) is 5.48. The summed E-state index contributed by atoms with van der Waals surface area (Å²) in [6, 6.07) is 8.95. The van der Waals surface area contributed by atoms with Gasteiger partial charge < -0.3 is 5.32 Å². The van der Waals surface area contributed by atoms with E-state index in [2.05, 4.69) is 80.1 Å². The molecule has 21 heavy (non-hydrogen) atoms. The van der Waals surface area contributed by atoms with E-state index in [-0.39, 0.29) is 6.04 Å². The van der Waals surface area contributed by atoms with E-state index in [9.17, 15) is 0 Å². The van der Waals surface area contributed by atoms with Crippen LogP contribution in [0.3, 0.4) is 0 Å². The molecular formula is C19H24BrN. The smallest absolute Gasteiger partial charge is 0.0582 e. The minimum absolute atomic E-state index is 0.223. The summed E-state index contributed by atoms with van der Waals surface area (Å²) < 4.78 is 1.17. The SMILES string of the molecule is CNC(c1cccc(Br)c1C)c1c(C)c(C)cc(C)c1C. The fourth-order valence-corrected chi connectivity index (χ4v) is 3.45. The van der Waals surface area contributed by atoms with Crippen LogP contribution in [0.2, 0.25) is 0 Å². The second kappa shape index (κ2) is 6.33. The van der Waals surface area contributed by atoms with Crippen molar-refractivity contribution in [2.75, 3.05) is 7.05 Å². The zero-order valence-electron chi connectivity index (χ0n) is 13.8. The lowest BCUT2D eigenvalue weighted by molar-refractivity contribution is 0.676. The number of benzene rings is 2. The minimum atomic E-state index is 0.223. The first-order valence-electron chi connectivity index (χ1n) is 7.38. The van der Waals surface area contributed by atoms with Crippen molar-refractivity contribution in [2.24, 2.45) is 0 Å². The molecule has 1 N–H and O–H groups in total. The van der Waals surface area contributed by atoms with E-state index in [0.29, 0.717) is 0 Å². The average molecular weight is 346 g/mol. The number of rotatable bonds is 3. The van der Waals surface area contributed by atoms with Crippen LogP contribution in [0.1, 0.15) is 45.0 Å². The molecule has 0 aliphatic rings. The number of aryl methyl sites for hydroxylation is 2. The Hall–Kier alpha value is -1.12. The van der Waals surface area contributed by atoms with Gasteiger partial charge >= 0.3 is 0 Å². The van der Waals surface area contributed by atoms with Gasteiger partial charge in [-0.1, -0.05) is 34.1 Å². The Morgan fingerprint density at radius 3 is 2.00 bits per heavy atom. The van der Waals surface area contributed by atoms with Gasteiger partial charge in [0.25, 0.3) is 0 Å². The molecule has 0 saturated heterocycles. The summed E-state index contributed by atoms with van der Waals surface area (Å²) >= 11 is 3.65. The van der Waals surface area contributed by atoms with E-state index in [1.54, 1.807) is 0 Å². The zero-order valence-corrected chi connectivity index (χ0v) is 15.4. The molecule has 0 heterocycles. The first kappa shape index (κ1) is 16.3. The summed E-state index contributed by atoms with van der Waals surface area (Å²) in [5, 5.41) is 3.52. The van der Waals surface area contributed by atoms with Gasteiger partial charge in [-0.05, 0) is 86.7 Å². The quantitative estimate of drug-likeness (QED) is 0.795. The van der Waals surface area contributed by atoms with Crippen LogP contribution in [0.15, 0.2) is 28.7 Å². The van der Waals surface area contributed by atoms with Crippen LogP contribution >= 0.6 is 15.9 Å². The highest BCUT2D eigenvalue weighted by Gasteiger charge is 2.21. The Bertz CT molecular complexity index is 648. The molecule has 0 radical (unpaired) electrons. The van der Waals surface area contributed by atoms with Gasteiger partial charge in [-0.15, -0.1) is 0 Å². The molecule has 2 rings (SSSR count). The first-order valence-corrected chi connectivity index (χ1v) is 8.17. The minimum Gasteiger partial charge on any atom is -0.309 e. The Labute approximate surface area is 136 Å². The second-order valence-electron chi connectivity index (χ2n) is 5.85. The molecule has 2 heteroatoms. The van der Waals surface area contributed by atoms with Crippen molar-refractivity contribution in [3.8, 4) is 0 Å². The summed E-state index contributed by atoms with van der Waals surface area (Å²) in [4.78, 5) is 0. The summed E-state index contributed by atoms with van der Waals surface area (Å²) in [5.74, 6) is 0. The standard InChI is InChI=1S/C19H24BrN/c1-11-10-12(2)14(4)18(13(11)3)19(21-6)16-8-7-9-17(20)15(16)5/h7-10,19,21H,1-6H3. The Kier molecular flexibility index (Phi) is 4.90. The monoisotopic (exact) mass is 345 g/mol. The van der Waals surface area contributed by atoms with Crippen molar-refractivity contribution in [1.82, 2.24) is 5.32 Å². The van der Waals surface area contributed by atoms with Crippen molar-refractivity contribution in [3.05, 3.63) is 67.7 Å². The summed E-state index contributed by atoms with van der Waals surface area (Å²) in [5.41, 5.74) is 9.55. The molecule has 0 amide bonds. The lowest BCUT2D eigenvalue weighted by atomic mass is 9.85. The van der Waals surface area contributed by atoms with Crippen molar-refractivity contribution in [1.29, 1.82) is 0 Å². The molecule has 0 aliphatic carbocycles. The molecule has 0 aliphatic heterocycles. The number of nitrogens with one attached hydrogen (secondary N) is 1. The van der Waals surface area contributed by atoms with Gasteiger partial charge in [-0.3, -0.25) is 0 Å². The molecule has 0 spiro atoms. The van der Waals surface area contributed by atoms with Gasteiger partial charge in [0, 0.05) is 4.47 Å². The molecule has 2 aromatic rings. The first-order chi connectivity index (χ1) is 9.88. The Morgan fingerprint density at radius 1 is 0.905 bits per heavy atom. The van der Waals surface area contributed by atoms with Gasteiger partial charge in [-0.25, -0.2) is 0 Å². The van der Waals surface area contributed by atoms with E-state index in [1.807, 2.05) is 7.05 Å². The fraction of sp³-hybridized carbons (Fsp3) is 0.368. The van der Waals surface area contributed by atoms with Crippen LogP contribution in [0.25, 0.3) is 0 Å². The number of halogens is 1. The molecule has 2 aromatic carbocycles. The molecule has 1 nitrogen and oxygen atoms in total. The zero-order chi connectivity index (χ0) is 15.7. The van der Waals surface area contributed by atoms with Crippen LogP contribution in [0, 0.1) is 34.6 Å². The van der Waals surface area contributed by atoms with Crippen molar-refractivity contribution in [3.63, 3.8) is 0 Å². The molecule has 0 fully saturated rings. The Morgan fingerprint density at radius 2 is 1.48 bits per heavy atom. The van der Waals surface area contributed by atoms with Crippen LogP contribution in [-0.2, 0) is 0 Å². The molecule has 1 atom stereocenters. The normalized spacial score (nSPS) is 12.5. The van der Waals surface area contributed by atoms with Crippen LogP contribution in [0.5, 0.6) is 0 Å². The third-order valence-electron chi connectivity index (χ3n) is 4.62. The molecule has 0 bridgehead atoms. The fourth-order valence-electron chi connectivity index (χ4n) is 3.07. The van der Waals surface area contributed by atoms with Crippen LogP contribution in [-0.4, -0.2) is 7.05 Å². The van der Waals surface area contributed by atoms with E-state index in [0.717, 1.165) is 0 Å². The van der Waals surface area contributed by atoms with E-state index >= 15 is 0 Å². The highest BCUT2D eigenvalue weighted by atomic mass is 79.9. The van der Waals surface area contributed by atoms with Gasteiger partial charge in [0.15, 0.2) is 0 Å². The summed E-state index contributed by atoms with van der Waals surface area (Å²) in [7, 11) is 2.04. The highest BCUT2D eigenvalue weighted by molar-refractivity contribution is 9.10. The Balaban J connectivity index is 2.71. The third kappa shape index (κ3) is 2.93. The van der Waals surface area contributed by atoms with Gasteiger partial charge in [0.2, 0.25) is 0 Å². The van der Waals surface area contributed by atoms with Gasteiger partial charge in [0.1, 0.15) is 0 Å². The van der Waals surface area contributed by atoms with Gasteiger partial charge in [0.05, 0.1) is 6.04 Å². The molecule has 1 unspecified atom stereocenters. The van der Waals surface area contributed by atoms with Crippen LogP contribution in [0.4, 0.5) is 0 Å². The lowest BCUT2D eigenvalue weighted by Crippen LogP contribution is -2.21. The molecule has 0 saturated carbocycles. The molecule has 0 aromatic heterocycles. The van der Waals surface area contributed by atoms with Crippen molar-refractivity contribution in [2.45, 2.75) is 40.7 Å². The lowest BCUT2D eigenvalue weighted by Gasteiger charge is -2.26. The van der Waals surface area contributed by atoms with E-state index < -0.39 is 0 Å². The number of hydrogen-bond donors (Lipinski definition) is 1. The predicted octanol–water partition coefficient (Wildman–Crippen LogP) is 5.30. The molecule has 112 valence electrons. The highest BCUT2D eigenvalue weighted by Crippen LogP contribution is 2.34. The molecular weight excluding hydrogens is 322 g/mol. The predicted molar refractivity (Wildman–Crippen MR) is 95.2 cm³/mol. The maximum Gasteiger partial charge on any atom is 0.0582 e. The van der Waals surface area contributed by atoms with Crippen molar-refractivity contribution < 1.29 is 0 Å². The maximum atomic E-state index is 3.65.